The number of nitriles is 1. The zero-order valence-electron chi connectivity index (χ0n) is 12.0. The van der Waals surface area contributed by atoms with Crippen LogP contribution < -0.4 is 5.32 Å². The zero-order valence-corrected chi connectivity index (χ0v) is 12.0. The van der Waals surface area contributed by atoms with E-state index in [1.54, 1.807) is 20.8 Å². The summed E-state index contributed by atoms with van der Waals surface area (Å²) in [5.74, 6) is -2.14. The molecule has 0 heterocycles. The molecule has 0 aliphatic rings. The summed E-state index contributed by atoms with van der Waals surface area (Å²) in [5.41, 5.74) is 0. The lowest BCUT2D eigenvalue weighted by Gasteiger charge is -2.22. The minimum atomic E-state index is -0.977. The molecule has 20 heavy (non-hydrogen) atoms. The molecule has 0 aliphatic carbocycles. The van der Waals surface area contributed by atoms with Crippen molar-refractivity contribution in [2.24, 2.45) is 11.8 Å². The lowest BCUT2D eigenvalue weighted by Crippen LogP contribution is -2.44. The Morgan fingerprint density at radius 1 is 1.30 bits per heavy atom. The summed E-state index contributed by atoms with van der Waals surface area (Å²) in [5, 5.41) is 19.5. The zero-order chi connectivity index (χ0) is 15.7. The largest absolute Gasteiger partial charge is 0.481 e. The number of aliphatic carboxylic acids is 1. The number of imide groups is 1. The summed E-state index contributed by atoms with van der Waals surface area (Å²) in [6, 6.07) is 1.47. The third kappa shape index (κ3) is 7.36. The van der Waals surface area contributed by atoms with Crippen molar-refractivity contribution in [1.82, 2.24) is 10.2 Å². The van der Waals surface area contributed by atoms with E-state index in [2.05, 4.69) is 5.32 Å². The Bertz CT molecular complexity index is 403. The van der Waals surface area contributed by atoms with E-state index >= 15 is 0 Å². The highest BCUT2D eigenvalue weighted by molar-refractivity contribution is 5.94. The second-order valence-corrected chi connectivity index (χ2v) is 4.83. The molecule has 2 N–H and O–H groups in total. The maximum absolute atomic E-state index is 11.8. The first-order chi connectivity index (χ1) is 9.29. The van der Waals surface area contributed by atoms with E-state index in [1.807, 2.05) is 6.07 Å². The fraction of sp³-hybridized carbons (Fsp3) is 0.692. The fourth-order valence-electron chi connectivity index (χ4n) is 1.66. The predicted octanol–water partition coefficient (Wildman–Crippen LogP) is 1.21. The van der Waals surface area contributed by atoms with Crippen molar-refractivity contribution in [1.29, 1.82) is 5.26 Å². The molecule has 0 saturated carbocycles. The van der Waals surface area contributed by atoms with E-state index < -0.39 is 17.9 Å². The Morgan fingerprint density at radius 2 is 1.90 bits per heavy atom. The lowest BCUT2D eigenvalue weighted by molar-refractivity contribution is -0.138. The van der Waals surface area contributed by atoms with Gasteiger partial charge in [-0.2, -0.15) is 5.26 Å². The topological polar surface area (TPSA) is 111 Å². The van der Waals surface area contributed by atoms with E-state index in [1.165, 1.54) is 4.90 Å². The van der Waals surface area contributed by atoms with Gasteiger partial charge in [-0.1, -0.05) is 6.92 Å². The van der Waals surface area contributed by atoms with Crippen LogP contribution in [0.25, 0.3) is 0 Å². The summed E-state index contributed by atoms with van der Waals surface area (Å²) >= 11 is 0. The first-order valence-corrected chi connectivity index (χ1v) is 6.50. The van der Waals surface area contributed by atoms with E-state index in [-0.39, 0.29) is 31.2 Å². The van der Waals surface area contributed by atoms with Crippen molar-refractivity contribution in [3.05, 3.63) is 0 Å². The standard InChI is InChI=1S/C13H21N3O4/c1-4-16(8-10(3)7-14)13(20)15-11(17)5-9(2)6-12(18)19/h9-10H,4-6,8H2,1-3H3,(H,18,19)(H,15,17,20). The van der Waals surface area contributed by atoms with Crippen molar-refractivity contribution >= 4 is 17.9 Å². The highest BCUT2D eigenvalue weighted by Gasteiger charge is 2.19. The minimum absolute atomic E-state index is 0.0244. The van der Waals surface area contributed by atoms with Gasteiger partial charge >= 0.3 is 12.0 Å². The van der Waals surface area contributed by atoms with Crippen LogP contribution in [0, 0.1) is 23.2 Å². The Hall–Kier alpha value is -2.10. The summed E-state index contributed by atoms with van der Waals surface area (Å²) in [7, 11) is 0. The van der Waals surface area contributed by atoms with Crippen LogP contribution in [0.3, 0.4) is 0 Å². The molecular weight excluding hydrogens is 262 g/mol. The number of nitrogens with zero attached hydrogens (tertiary/aromatic N) is 2. The van der Waals surface area contributed by atoms with Gasteiger partial charge < -0.3 is 10.0 Å². The molecule has 2 atom stereocenters. The van der Waals surface area contributed by atoms with E-state index in [4.69, 9.17) is 10.4 Å². The van der Waals surface area contributed by atoms with Gasteiger partial charge in [0.25, 0.3) is 0 Å². The molecule has 0 aromatic heterocycles. The molecule has 7 heteroatoms. The predicted molar refractivity (Wildman–Crippen MR) is 71.6 cm³/mol. The molecule has 3 amide bonds. The van der Waals surface area contributed by atoms with Crippen LogP contribution in [0.2, 0.25) is 0 Å². The molecule has 0 spiro atoms. The van der Waals surface area contributed by atoms with Crippen LogP contribution in [-0.4, -0.2) is 41.0 Å². The van der Waals surface area contributed by atoms with E-state index in [0.29, 0.717) is 6.54 Å². The SMILES string of the molecule is CCN(CC(C)C#N)C(=O)NC(=O)CC(C)CC(=O)O. The Kier molecular flexibility index (Phi) is 7.97. The van der Waals surface area contributed by atoms with Crippen LogP contribution in [0.1, 0.15) is 33.6 Å². The molecule has 0 saturated heterocycles. The molecule has 0 rings (SSSR count). The maximum Gasteiger partial charge on any atom is 0.324 e. The normalized spacial score (nSPS) is 12.9. The second-order valence-electron chi connectivity index (χ2n) is 4.83. The van der Waals surface area contributed by atoms with Crippen LogP contribution in [0.5, 0.6) is 0 Å². The van der Waals surface area contributed by atoms with Gasteiger partial charge in [0.15, 0.2) is 0 Å². The number of nitrogens with one attached hydrogen (secondary N) is 1. The first-order valence-electron chi connectivity index (χ1n) is 6.50. The Labute approximate surface area is 118 Å². The number of hydrogen-bond acceptors (Lipinski definition) is 4. The average Bonchev–Trinajstić information content (AvgIpc) is 2.33. The molecule has 0 radical (unpaired) electrons. The molecule has 0 fully saturated rings. The summed E-state index contributed by atoms with van der Waals surface area (Å²) in [6.45, 7) is 5.70. The van der Waals surface area contributed by atoms with Crippen molar-refractivity contribution < 1.29 is 19.5 Å². The third-order valence-electron chi connectivity index (χ3n) is 2.69. The highest BCUT2D eigenvalue weighted by Crippen LogP contribution is 2.07. The van der Waals surface area contributed by atoms with Crippen molar-refractivity contribution in [2.45, 2.75) is 33.6 Å². The van der Waals surface area contributed by atoms with E-state index in [0.717, 1.165) is 0 Å². The number of urea groups is 1. The van der Waals surface area contributed by atoms with Gasteiger partial charge in [0.2, 0.25) is 5.91 Å². The molecule has 7 nitrogen and oxygen atoms in total. The van der Waals surface area contributed by atoms with E-state index in [9.17, 15) is 14.4 Å². The molecule has 2 unspecified atom stereocenters. The van der Waals surface area contributed by atoms with Crippen LogP contribution in [0.4, 0.5) is 4.79 Å². The van der Waals surface area contributed by atoms with Gasteiger partial charge in [-0.15, -0.1) is 0 Å². The monoisotopic (exact) mass is 283 g/mol. The smallest absolute Gasteiger partial charge is 0.324 e. The van der Waals surface area contributed by atoms with Gasteiger partial charge in [-0.25, -0.2) is 4.79 Å². The Morgan fingerprint density at radius 3 is 2.35 bits per heavy atom. The fourth-order valence-corrected chi connectivity index (χ4v) is 1.66. The molecule has 0 aromatic carbocycles. The minimum Gasteiger partial charge on any atom is -0.481 e. The van der Waals surface area contributed by atoms with Crippen molar-refractivity contribution in [2.75, 3.05) is 13.1 Å². The molecule has 0 bridgehead atoms. The van der Waals surface area contributed by atoms with Gasteiger partial charge in [-0.05, 0) is 19.8 Å². The molecule has 0 aromatic rings. The summed E-state index contributed by atoms with van der Waals surface area (Å²) < 4.78 is 0. The van der Waals surface area contributed by atoms with Gasteiger partial charge in [0.1, 0.15) is 0 Å². The molecule has 0 aliphatic heterocycles. The van der Waals surface area contributed by atoms with Crippen molar-refractivity contribution in [3.63, 3.8) is 0 Å². The first kappa shape index (κ1) is 17.9. The highest BCUT2D eigenvalue weighted by atomic mass is 16.4. The van der Waals surface area contributed by atoms with Gasteiger partial charge in [0.05, 0.1) is 12.0 Å². The quantitative estimate of drug-likeness (QED) is 0.729. The summed E-state index contributed by atoms with van der Waals surface area (Å²) in [4.78, 5) is 35.3. The summed E-state index contributed by atoms with van der Waals surface area (Å²) in [6.07, 6.45) is -0.145. The second kappa shape index (κ2) is 8.91. The maximum atomic E-state index is 11.8. The van der Waals surface area contributed by atoms with Crippen LogP contribution in [-0.2, 0) is 9.59 Å². The van der Waals surface area contributed by atoms with Crippen molar-refractivity contribution in [3.8, 4) is 6.07 Å². The number of amides is 3. The number of carbonyl (C=O) groups excluding carboxylic acids is 2. The Balaban J connectivity index is 4.32. The number of carbonyl (C=O) groups is 3. The third-order valence-corrected chi connectivity index (χ3v) is 2.69. The molecular formula is C13H21N3O4. The van der Waals surface area contributed by atoms with Gasteiger partial charge in [-0.3, -0.25) is 14.9 Å². The number of carboxylic acids is 1. The lowest BCUT2D eigenvalue weighted by atomic mass is 10.0. The average molecular weight is 283 g/mol. The van der Waals surface area contributed by atoms with Gasteiger partial charge in [0, 0.05) is 25.9 Å². The number of carboxylic acid groups (broad SMARTS) is 1. The number of rotatable bonds is 7. The van der Waals surface area contributed by atoms with Crippen LogP contribution >= 0.6 is 0 Å². The molecule has 112 valence electrons. The van der Waals surface area contributed by atoms with Crippen LogP contribution in [0.15, 0.2) is 0 Å². The number of hydrogen-bond donors (Lipinski definition) is 2.